The van der Waals surface area contributed by atoms with Gasteiger partial charge in [-0.2, -0.15) is 5.10 Å². The van der Waals surface area contributed by atoms with Crippen LogP contribution in [0.1, 0.15) is 18.2 Å². The van der Waals surface area contributed by atoms with E-state index in [0.29, 0.717) is 0 Å². The molecule has 3 heteroatoms. The van der Waals surface area contributed by atoms with Crippen LogP contribution in [0.4, 0.5) is 0 Å². The Hall–Kier alpha value is -0.570. The first kappa shape index (κ1) is 9.52. The monoisotopic (exact) mass is 228 g/mol. The fourth-order valence-corrected chi connectivity index (χ4v) is 1.23. The highest BCUT2D eigenvalue weighted by molar-refractivity contribution is 9.09. The molecule has 0 saturated heterocycles. The Morgan fingerprint density at radius 3 is 2.83 bits per heavy atom. The van der Waals surface area contributed by atoms with Crippen LogP contribution >= 0.6 is 15.9 Å². The summed E-state index contributed by atoms with van der Waals surface area (Å²) in [4.78, 5) is 0. The van der Waals surface area contributed by atoms with Gasteiger partial charge in [0.15, 0.2) is 0 Å². The summed E-state index contributed by atoms with van der Waals surface area (Å²) in [5.41, 5.74) is 3.60. The first-order chi connectivity index (χ1) is 5.63. The summed E-state index contributed by atoms with van der Waals surface area (Å²) in [6, 6.07) is 0. The molecule has 0 atom stereocenters. The van der Waals surface area contributed by atoms with Crippen molar-refractivity contribution < 1.29 is 0 Å². The standard InChI is InChI=1S/C9H13BrN2/c1-7(5-10)4-9-6-12(3)11-8(9)2/h4,6H,5H2,1-3H3/b7-4+. The molecule has 1 rings (SSSR count). The molecule has 0 unspecified atom stereocenters. The molecule has 0 fully saturated rings. The highest BCUT2D eigenvalue weighted by atomic mass is 79.9. The molecule has 0 aliphatic heterocycles. The number of allylic oxidation sites excluding steroid dienone is 1. The van der Waals surface area contributed by atoms with Gasteiger partial charge in [0.2, 0.25) is 0 Å². The van der Waals surface area contributed by atoms with Gasteiger partial charge in [-0.25, -0.2) is 0 Å². The zero-order valence-corrected chi connectivity index (χ0v) is 9.22. The Kier molecular flexibility index (Phi) is 3.09. The molecular formula is C9H13BrN2. The lowest BCUT2D eigenvalue weighted by atomic mass is 10.2. The number of nitrogens with zero attached hydrogens (tertiary/aromatic N) is 2. The summed E-state index contributed by atoms with van der Waals surface area (Å²) >= 11 is 3.41. The van der Waals surface area contributed by atoms with Gasteiger partial charge in [-0.05, 0) is 13.8 Å². The van der Waals surface area contributed by atoms with Crippen LogP contribution in [0, 0.1) is 6.92 Å². The first-order valence-electron chi connectivity index (χ1n) is 3.87. The van der Waals surface area contributed by atoms with E-state index in [1.807, 2.05) is 24.9 Å². The molecule has 0 aliphatic rings. The first-order valence-corrected chi connectivity index (χ1v) is 4.99. The Balaban J connectivity index is 2.95. The molecule has 1 aromatic rings. The van der Waals surface area contributed by atoms with E-state index < -0.39 is 0 Å². The molecule has 0 spiro atoms. The third-order valence-corrected chi connectivity index (χ3v) is 2.55. The molecule has 0 N–H and O–H groups in total. The maximum atomic E-state index is 4.26. The Morgan fingerprint density at radius 2 is 2.42 bits per heavy atom. The third-order valence-electron chi connectivity index (χ3n) is 1.66. The smallest absolute Gasteiger partial charge is 0.0665 e. The van der Waals surface area contributed by atoms with Crippen molar-refractivity contribution >= 4 is 22.0 Å². The van der Waals surface area contributed by atoms with Gasteiger partial charge < -0.3 is 0 Å². The van der Waals surface area contributed by atoms with Crippen LogP contribution in [0.25, 0.3) is 6.08 Å². The average molecular weight is 229 g/mol. The second-order valence-electron chi connectivity index (χ2n) is 2.97. The largest absolute Gasteiger partial charge is 0.275 e. The van der Waals surface area contributed by atoms with Gasteiger partial charge in [0.25, 0.3) is 0 Å². The molecular weight excluding hydrogens is 216 g/mol. The average Bonchev–Trinajstić information content (AvgIpc) is 2.30. The van der Waals surface area contributed by atoms with E-state index in [0.717, 1.165) is 11.0 Å². The van der Waals surface area contributed by atoms with Crippen molar-refractivity contribution in [2.75, 3.05) is 5.33 Å². The van der Waals surface area contributed by atoms with E-state index in [9.17, 15) is 0 Å². The highest BCUT2D eigenvalue weighted by Crippen LogP contribution is 2.11. The maximum absolute atomic E-state index is 4.26. The summed E-state index contributed by atoms with van der Waals surface area (Å²) in [5, 5.41) is 5.17. The van der Waals surface area contributed by atoms with Crippen molar-refractivity contribution in [1.82, 2.24) is 9.78 Å². The van der Waals surface area contributed by atoms with Crippen molar-refractivity contribution in [2.24, 2.45) is 7.05 Å². The van der Waals surface area contributed by atoms with Crippen molar-refractivity contribution in [1.29, 1.82) is 0 Å². The van der Waals surface area contributed by atoms with Crippen molar-refractivity contribution in [3.05, 3.63) is 23.0 Å². The molecule has 0 aromatic carbocycles. The summed E-state index contributed by atoms with van der Waals surface area (Å²) in [6.07, 6.45) is 4.18. The number of aryl methyl sites for hydroxylation is 2. The summed E-state index contributed by atoms with van der Waals surface area (Å²) < 4.78 is 1.84. The normalized spacial score (nSPS) is 12.2. The van der Waals surface area contributed by atoms with Gasteiger partial charge in [0.05, 0.1) is 5.69 Å². The van der Waals surface area contributed by atoms with E-state index in [1.165, 1.54) is 11.1 Å². The molecule has 1 aromatic heterocycles. The van der Waals surface area contributed by atoms with Gasteiger partial charge in [0.1, 0.15) is 0 Å². The lowest BCUT2D eigenvalue weighted by molar-refractivity contribution is 0.756. The fourth-order valence-electron chi connectivity index (χ4n) is 1.06. The molecule has 12 heavy (non-hydrogen) atoms. The molecule has 0 aliphatic carbocycles. The summed E-state index contributed by atoms with van der Waals surface area (Å²) in [6.45, 7) is 4.12. The van der Waals surface area contributed by atoms with Crippen LogP contribution in [-0.2, 0) is 7.05 Å². The minimum Gasteiger partial charge on any atom is -0.275 e. The van der Waals surface area contributed by atoms with Gasteiger partial charge in [-0.1, -0.05) is 27.6 Å². The molecule has 0 radical (unpaired) electrons. The summed E-state index contributed by atoms with van der Waals surface area (Å²) in [5.74, 6) is 0. The molecule has 0 bridgehead atoms. The number of hydrogen-bond acceptors (Lipinski definition) is 1. The second kappa shape index (κ2) is 3.90. The van der Waals surface area contributed by atoms with Gasteiger partial charge >= 0.3 is 0 Å². The zero-order valence-electron chi connectivity index (χ0n) is 7.63. The number of aromatic nitrogens is 2. The Labute approximate surface area is 81.4 Å². The van der Waals surface area contributed by atoms with E-state index in [4.69, 9.17) is 0 Å². The van der Waals surface area contributed by atoms with Crippen LogP contribution in [0.5, 0.6) is 0 Å². The van der Waals surface area contributed by atoms with Gasteiger partial charge in [-0.3, -0.25) is 4.68 Å². The third kappa shape index (κ3) is 2.21. The minimum atomic E-state index is 0.918. The quantitative estimate of drug-likeness (QED) is 0.712. The van der Waals surface area contributed by atoms with Crippen molar-refractivity contribution in [3.63, 3.8) is 0 Å². The lowest BCUT2D eigenvalue weighted by Crippen LogP contribution is -1.86. The number of rotatable bonds is 2. The van der Waals surface area contributed by atoms with E-state index in [2.05, 4.69) is 34.0 Å². The molecule has 1 heterocycles. The maximum Gasteiger partial charge on any atom is 0.0665 e. The van der Waals surface area contributed by atoms with Gasteiger partial charge in [0, 0.05) is 24.1 Å². The van der Waals surface area contributed by atoms with Gasteiger partial charge in [-0.15, -0.1) is 0 Å². The highest BCUT2D eigenvalue weighted by Gasteiger charge is 1.98. The van der Waals surface area contributed by atoms with Crippen molar-refractivity contribution in [3.8, 4) is 0 Å². The Bertz CT molecular complexity index is 299. The molecule has 0 saturated carbocycles. The van der Waals surface area contributed by atoms with E-state index in [1.54, 1.807) is 0 Å². The Morgan fingerprint density at radius 1 is 1.75 bits per heavy atom. The number of halogens is 1. The predicted octanol–water partition coefficient (Wildman–Crippen LogP) is 2.53. The van der Waals surface area contributed by atoms with Crippen LogP contribution in [0.2, 0.25) is 0 Å². The van der Waals surface area contributed by atoms with Crippen LogP contribution in [0.15, 0.2) is 11.8 Å². The van der Waals surface area contributed by atoms with E-state index in [-0.39, 0.29) is 0 Å². The van der Waals surface area contributed by atoms with Crippen LogP contribution < -0.4 is 0 Å². The summed E-state index contributed by atoms with van der Waals surface area (Å²) in [7, 11) is 1.94. The fraction of sp³-hybridized carbons (Fsp3) is 0.444. The number of alkyl halides is 1. The molecule has 2 nitrogen and oxygen atoms in total. The van der Waals surface area contributed by atoms with Crippen LogP contribution in [-0.4, -0.2) is 15.1 Å². The zero-order chi connectivity index (χ0) is 9.14. The predicted molar refractivity (Wildman–Crippen MR) is 55.4 cm³/mol. The topological polar surface area (TPSA) is 17.8 Å². The SMILES string of the molecule is C/C(=C\c1cn(C)nc1C)CBr. The molecule has 0 amide bonds. The lowest BCUT2D eigenvalue weighted by Gasteiger charge is -1.92. The van der Waals surface area contributed by atoms with Crippen molar-refractivity contribution in [2.45, 2.75) is 13.8 Å². The van der Waals surface area contributed by atoms with E-state index >= 15 is 0 Å². The second-order valence-corrected chi connectivity index (χ2v) is 3.53. The number of hydrogen-bond donors (Lipinski definition) is 0. The van der Waals surface area contributed by atoms with Crippen LogP contribution in [0.3, 0.4) is 0 Å². The molecule has 66 valence electrons. The minimum absolute atomic E-state index is 0.918.